The van der Waals surface area contributed by atoms with Crippen LogP contribution < -0.4 is 16.4 Å². The van der Waals surface area contributed by atoms with Gasteiger partial charge < -0.3 is 21.1 Å². The Hall–Kier alpha value is -3.21. The van der Waals surface area contributed by atoms with Gasteiger partial charge in [-0.1, -0.05) is 11.6 Å². The maximum absolute atomic E-state index is 14.0. The molecule has 4 N–H and O–H groups in total. The van der Waals surface area contributed by atoms with Crippen LogP contribution in [0.15, 0.2) is 53.4 Å². The van der Waals surface area contributed by atoms with Crippen molar-refractivity contribution in [3.05, 3.63) is 64.8 Å². The summed E-state index contributed by atoms with van der Waals surface area (Å²) >= 11 is 6.34. The zero-order valence-electron chi connectivity index (χ0n) is 19.6. The fraction of sp³-hybridized carbons (Fsp3) is 0.320. The number of hydrogen-bond donors (Lipinski definition) is 2. The highest BCUT2D eigenvalue weighted by molar-refractivity contribution is 7.92. The lowest BCUT2D eigenvalue weighted by Gasteiger charge is -2.34. The summed E-state index contributed by atoms with van der Waals surface area (Å²) < 4.78 is 32.2. The molecular weight excluding hydrogens is 502 g/mol. The third kappa shape index (κ3) is 4.19. The van der Waals surface area contributed by atoms with Gasteiger partial charge in [0.25, 0.3) is 0 Å². The van der Waals surface area contributed by atoms with Gasteiger partial charge in [0, 0.05) is 29.4 Å². The molecule has 3 aromatic rings. The Bertz CT molecular complexity index is 1440. The van der Waals surface area contributed by atoms with E-state index in [1.54, 1.807) is 18.2 Å². The summed E-state index contributed by atoms with van der Waals surface area (Å²) in [5.41, 5.74) is 13.1. The second kappa shape index (κ2) is 9.02. The SMILES string of the molecule is C[C@H]1COCCN1c1cc(C2(S(=O)(=O)c3ccc(C(N)=O)cc3Cl)CC2)nc(-c2ccc(N)cc2)n1. The average Bonchev–Trinajstić information content (AvgIpc) is 3.67. The first kappa shape index (κ1) is 24.5. The number of morpholine rings is 1. The van der Waals surface area contributed by atoms with E-state index >= 15 is 0 Å². The Labute approximate surface area is 214 Å². The molecule has 1 aliphatic carbocycles. The van der Waals surface area contributed by atoms with Gasteiger partial charge in [0.15, 0.2) is 15.7 Å². The topological polar surface area (TPSA) is 142 Å². The predicted octanol–water partition coefficient (Wildman–Crippen LogP) is 3.17. The Balaban J connectivity index is 1.64. The summed E-state index contributed by atoms with van der Waals surface area (Å²) in [6.07, 6.45) is 0.777. The second-order valence-corrected chi connectivity index (χ2v) is 11.8. The van der Waals surface area contributed by atoms with Crippen LogP contribution in [0.25, 0.3) is 11.4 Å². The first-order chi connectivity index (χ1) is 17.1. The largest absolute Gasteiger partial charge is 0.399 e. The lowest BCUT2D eigenvalue weighted by Crippen LogP contribution is -2.44. The highest BCUT2D eigenvalue weighted by atomic mass is 35.5. The van der Waals surface area contributed by atoms with Crippen LogP contribution in [-0.4, -0.2) is 50.1 Å². The minimum absolute atomic E-state index is 0.0487. The molecule has 0 unspecified atom stereocenters. The van der Waals surface area contributed by atoms with E-state index in [1.807, 2.05) is 19.1 Å². The fourth-order valence-corrected chi connectivity index (χ4v) is 6.99. The van der Waals surface area contributed by atoms with E-state index in [2.05, 4.69) is 4.90 Å². The number of aromatic nitrogens is 2. The van der Waals surface area contributed by atoms with Gasteiger partial charge >= 0.3 is 0 Å². The number of carbonyl (C=O) groups excluding carboxylic acids is 1. The zero-order valence-corrected chi connectivity index (χ0v) is 21.2. The number of nitrogen functional groups attached to an aromatic ring is 1. The number of rotatable bonds is 6. The Morgan fingerprint density at radius 1 is 1.14 bits per heavy atom. The highest BCUT2D eigenvalue weighted by Gasteiger charge is 2.58. The van der Waals surface area contributed by atoms with E-state index in [-0.39, 0.29) is 21.5 Å². The molecule has 188 valence electrons. The third-order valence-corrected chi connectivity index (χ3v) is 9.74. The maximum Gasteiger partial charge on any atom is 0.248 e. The lowest BCUT2D eigenvalue weighted by atomic mass is 10.1. The number of anilines is 2. The van der Waals surface area contributed by atoms with Crippen molar-refractivity contribution < 1.29 is 17.9 Å². The van der Waals surface area contributed by atoms with Crippen molar-refractivity contribution in [3.8, 4) is 11.4 Å². The molecular formula is C25H26ClN5O4S. The van der Waals surface area contributed by atoms with Crippen LogP contribution in [0.4, 0.5) is 11.5 Å². The monoisotopic (exact) mass is 527 g/mol. The molecule has 0 radical (unpaired) electrons. The molecule has 11 heteroatoms. The second-order valence-electron chi connectivity index (χ2n) is 9.18. The first-order valence-corrected chi connectivity index (χ1v) is 13.4. The summed E-state index contributed by atoms with van der Waals surface area (Å²) in [5.74, 6) is 0.368. The fourth-order valence-electron chi connectivity index (χ4n) is 4.50. The van der Waals surface area contributed by atoms with Crippen molar-refractivity contribution in [2.75, 3.05) is 30.4 Å². The standard InChI is InChI=1S/C25H26ClN5O4S/c1-15-14-35-11-10-31(15)22-13-21(29-24(30-22)16-2-5-18(27)6-3-16)25(8-9-25)36(33,34)20-7-4-17(23(28)32)12-19(20)26/h2-7,12-13,15H,8-11,14,27H2,1H3,(H2,28,32)/t15-/m0/s1. The van der Waals surface area contributed by atoms with Crippen LogP contribution in [0.3, 0.4) is 0 Å². The molecule has 1 aliphatic heterocycles. The van der Waals surface area contributed by atoms with Crippen LogP contribution in [-0.2, 0) is 19.3 Å². The van der Waals surface area contributed by atoms with Gasteiger partial charge in [-0.15, -0.1) is 0 Å². The molecule has 2 aliphatic rings. The molecule has 2 aromatic carbocycles. The van der Waals surface area contributed by atoms with Gasteiger partial charge in [-0.05, 0) is 62.2 Å². The molecule has 2 heterocycles. The Morgan fingerprint density at radius 2 is 1.86 bits per heavy atom. The van der Waals surface area contributed by atoms with Gasteiger partial charge in [0.1, 0.15) is 10.6 Å². The predicted molar refractivity (Wildman–Crippen MR) is 138 cm³/mol. The molecule has 1 aromatic heterocycles. The zero-order chi connectivity index (χ0) is 25.7. The van der Waals surface area contributed by atoms with E-state index in [4.69, 9.17) is 37.8 Å². The Kier molecular flexibility index (Phi) is 6.14. The summed E-state index contributed by atoms with van der Waals surface area (Å²) in [7, 11) is -3.96. The minimum atomic E-state index is -3.96. The molecule has 0 spiro atoms. The molecule has 36 heavy (non-hydrogen) atoms. The van der Waals surface area contributed by atoms with Crippen LogP contribution >= 0.6 is 11.6 Å². The number of amides is 1. The van der Waals surface area contributed by atoms with E-state index in [0.29, 0.717) is 55.6 Å². The van der Waals surface area contributed by atoms with Gasteiger partial charge in [0.2, 0.25) is 5.91 Å². The van der Waals surface area contributed by atoms with Crippen molar-refractivity contribution >= 4 is 38.9 Å². The number of carbonyl (C=O) groups is 1. The van der Waals surface area contributed by atoms with Gasteiger partial charge in [-0.3, -0.25) is 4.79 Å². The van der Waals surface area contributed by atoms with Crippen molar-refractivity contribution in [2.24, 2.45) is 5.73 Å². The number of hydrogen-bond acceptors (Lipinski definition) is 8. The van der Waals surface area contributed by atoms with Crippen molar-refractivity contribution in [1.29, 1.82) is 0 Å². The molecule has 9 nitrogen and oxygen atoms in total. The molecule has 5 rings (SSSR count). The number of primary amides is 1. The molecule has 1 saturated carbocycles. The normalized spacial score (nSPS) is 19.2. The third-order valence-electron chi connectivity index (χ3n) is 6.73. The molecule has 1 atom stereocenters. The van der Waals surface area contributed by atoms with Gasteiger partial charge in [-0.25, -0.2) is 18.4 Å². The molecule has 2 fully saturated rings. The minimum Gasteiger partial charge on any atom is -0.399 e. The van der Waals surface area contributed by atoms with Gasteiger partial charge in [-0.2, -0.15) is 0 Å². The molecule has 1 saturated heterocycles. The van der Waals surface area contributed by atoms with Crippen molar-refractivity contribution in [3.63, 3.8) is 0 Å². The maximum atomic E-state index is 14.0. The van der Waals surface area contributed by atoms with E-state index in [0.717, 1.165) is 5.56 Å². The lowest BCUT2D eigenvalue weighted by molar-refractivity contribution is 0.0985. The quantitative estimate of drug-likeness (QED) is 0.465. The summed E-state index contributed by atoms with van der Waals surface area (Å²) in [4.78, 5) is 23.1. The number of benzene rings is 2. The summed E-state index contributed by atoms with van der Waals surface area (Å²) in [6, 6.07) is 13.0. The smallest absolute Gasteiger partial charge is 0.248 e. The number of nitrogens with zero attached hydrogens (tertiary/aromatic N) is 3. The number of ether oxygens (including phenoxy) is 1. The van der Waals surface area contributed by atoms with Crippen molar-refractivity contribution in [1.82, 2.24) is 9.97 Å². The summed E-state index contributed by atoms with van der Waals surface area (Å²) in [5, 5.41) is -0.0487. The van der Waals surface area contributed by atoms with Crippen LogP contribution in [0.2, 0.25) is 5.02 Å². The van der Waals surface area contributed by atoms with Crippen molar-refractivity contribution in [2.45, 2.75) is 35.4 Å². The Morgan fingerprint density at radius 3 is 2.47 bits per heavy atom. The average molecular weight is 528 g/mol. The van der Waals surface area contributed by atoms with Crippen LogP contribution in [0.5, 0.6) is 0 Å². The van der Waals surface area contributed by atoms with E-state index in [1.165, 1.54) is 18.2 Å². The van der Waals surface area contributed by atoms with E-state index < -0.39 is 20.5 Å². The van der Waals surface area contributed by atoms with Crippen LogP contribution in [0.1, 0.15) is 35.8 Å². The molecule has 1 amide bonds. The number of halogens is 1. The summed E-state index contributed by atoms with van der Waals surface area (Å²) in [6.45, 7) is 3.75. The highest BCUT2D eigenvalue weighted by Crippen LogP contribution is 2.56. The first-order valence-electron chi connectivity index (χ1n) is 11.6. The number of nitrogens with two attached hydrogens (primary N) is 2. The van der Waals surface area contributed by atoms with Gasteiger partial charge in [0.05, 0.1) is 34.9 Å². The van der Waals surface area contributed by atoms with Crippen LogP contribution in [0, 0.1) is 0 Å². The molecule has 0 bridgehead atoms. The van der Waals surface area contributed by atoms with E-state index in [9.17, 15) is 13.2 Å². The number of sulfone groups is 1.